The van der Waals surface area contributed by atoms with Crippen LogP contribution in [0.5, 0.6) is 0 Å². The number of carbonyl (C=O) groups is 1. The van der Waals surface area contributed by atoms with Crippen LogP contribution in [0.4, 0.5) is 4.39 Å². The number of nitrogens with two attached hydrogens (primary N) is 1. The molecule has 0 aliphatic carbocycles. The van der Waals surface area contributed by atoms with Crippen LogP contribution < -0.4 is 11.1 Å². The van der Waals surface area contributed by atoms with Crippen molar-refractivity contribution in [1.82, 2.24) is 13.9 Å². The van der Waals surface area contributed by atoms with Gasteiger partial charge in [0.25, 0.3) is 0 Å². The molecular formula is C20H31FN4O5S2. The first kappa shape index (κ1) is 25.0. The van der Waals surface area contributed by atoms with Crippen LogP contribution in [0, 0.1) is 11.7 Å². The number of nitrogens with zero attached hydrogens (tertiary/aromatic N) is 2. The smallest absolute Gasteiger partial charge is 0.243 e. The van der Waals surface area contributed by atoms with Crippen molar-refractivity contribution in [2.75, 3.05) is 38.5 Å². The van der Waals surface area contributed by atoms with Crippen LogP contribution in [-0.4, -0.2) is 75.9 Å². The number of rotatable bonds is 9. The minimum atomic E-state index is -3.78. The molecule has 2 saturated heterocycles. The van der Waals surface area contributed by atoms with Crippen LogP contribution in [0.3, 0.4) is 0 Å². The normalized spacial score (nSPS) is 23.8. The molecule has 1 aromatic rings. The molecule has 2 heterocycles. The van der Waals surface area contributed by atoms with Crippen molar-refractivity contribution >= 4 is 26.0 Å². The fourth-order valence-corrected chi connectivity index (χ4v) is 7.23. The number of hydrogen-bond donors (Lipinski definition) is 2. The Morgan fingerprint density at radius 2 is 1.66 bits per heavy atom. The molecule has 2 aliphatic rings. The van der Waals surface area contributed by atoms with Gasteiger partial charge in [-0.3, -0.25) is 4.79 Å². The van der Waals surface area contributed by atoms with Crippen LogP contribution in [0.1, 0.15) is 32.1 Å². The number of unbranched alkanes of at least 4 members (excludes halogenated alkanes) is 1. The highest BCUT2D eigenvalue weighted by molar-refractivity contribution is 7.89. The molecular weight excluding hydrogens is 459 g/mol. The fourth-order valence-electron chi connectivity index (χ4n) is 4.27. The summed E-state index contributed by atoms with van der Waals surface area (Å²) in [5.41, 5.74) is 5.36. The number of nitrogens with one attached hydrogen (secondary N) is 1. The zero-order chi connectivity index (χ0) is 23.4. The van der Waals surface area contributed by atoms with Gasteiger partial charge in [0.05, 0.1) is 16.7 Å². The number of piperidine rings is 1. The Morgan fingerprint density at radius 1 is 1.03 bits per heavy atom. The van der Waals surface area contributed by atoms with Gasteiger partial charge in [-0.15, -0.1) is 0 Å². The van der Waals surface area contributed by atoms with Gasteiger partial charge in [-0.1, -0.05) is 12.8 Å². The van der Waals surface area contributed by atoms with E-state index in [2.05, 4.69) is 5.32 Å². The first-order valence-corrected chi connectivity index (χ1v) is 13.9. The van der Waals surface area contributed by atoms with Crippen molar-refractivity contribution in [3.05, 3.63) is 30.1 Å². The molecule has 180 valence electrons. The third kappa shape index (κ3) is 6.25. The van der Waals surface area contributed by atoms with Gasteiger partial charge in [0.2, 0.25) is 26.0 Å². The highest BCUT2D eigenvalue weighted by Gasteiger charge is 2.33. The Hall–Kier alpha value is -1.60. The number of sulfonamides is 2. The molecule has 0 bridgehead atoms. The van der Waals surface area contributed by atoms with Crippen LogP contribution >= 0.6 is 0 Å². The van der Waals surface area contributed by atoms with Gasteiger partial charge < -0.3 is 11.1 Å². The molecule has 3 N–H and O–H groups in total. The van der Waals surface area contributed by atoms with E-state index >= 15 is 0 Å². The van der Waals surface area contributed by atoms with E-state index in [4.69, 9.17) is 5.73 Å². The molecule has 0 spiro atoms. The monoisotopic (exact) mass is 490 g/mol. The van der Waals surface area contributed by atoms with E-state index in [1.807, 2.05) is 0 Å². The van der Waals surface area contributed by atoms with Gasteiger partial charge in [-0.2, -0.15) is 8.61 Å². The van der Waals surface area contributed by atoms with Gasteiger partial charge in [0.15, 0.2) is 0 Å². The lowest BCUT2D eigenvalue weighted by molar-refractivity contribution is -0.120. The number of carbonyl (C=O) groups excluding carboxylic acids is 1. The van der Waals surface area contributed by atoms with Gasteiger partial charge in [0, 0.05) is 26.2 Å². The van der Waals surface area contributed by atoms with E-state index in [9.17, 15) is 26.0 Å². The largest absolute Gasteiger partial charge is 0.368 e. The van der Waals surface area contributed by atoms with Crippen molar-refractivity contribution in [3.8, 4) is 0 Å². The number of benzene rings is 1. The van der Waals surface area contributed by atoms with Crippen LogP contribution in [0.25, 0.3) is 0 Å². The fraction of sp³-hybridized carbons (Fsp3) is 0.650. The maximum atomic E-state index is 13.1. The Morgan fingerprint density at radius 3 is 2.28 bits per heavy atom. The lowest BCUT2D eigenvalue weighted by Crippen LogP contribution is -2.50. The first-order chi connectivity index (χ1) is 15.1. The number of primary amides is 1. The topological polar surface area (TPSA) is 130 Å². The van der Waals surface area contributed by atoms with Crippen molar-refractivity contribution in [2.24, 2.45) is 11.7 Å². The van der Waals surface area contributed by atoms with E-state index in [0.29, 0.717) is 18.8 Å². The zero-order valence-corrected chi connectivity index (χ0v) is 19.6. The number of halogens is 1. The molecule has 2 unspecified atom stereocenters. The second-order valence-electron chi connectivity index (χ2n) is 8.37. The second-order valence-corrected chi connectivity index (χ2v) is 12.4. The summed E-state index contributed by atoms with van der Waals surface area (Å²) in [4.78, 5) is 11.3. The van der Waals surface area contributed by atoms with Crippen LogP contribution in [0.15, 0.2) is 29.2 Å². The maximum absolute atomic E-state index is 13.1. The van der Waals surface area contributed by atoms with E-state index in [0.717, 1.165) is 37.9 Å². The van der Waals surface area contributed by atoms with E-state index < -0.39 is 25.9 Å². The summed E-state index contributed by atoms with van der Waals surface area (Å²) in [7, 11) is -7.26. The van der Waals surface area contributed by atoms with Gasteiger partial charge >= 0.3 is 0 Å². The number of piperazine rings is 1. The maximum Gasteiger partial charge on any atom is 0.243 e. The molecule has 0 radical (unpaired) electrons. The molecule has 12 heteroatoms. The molecule has 2 atom stereocenters. The zero-order valence-electron chi connectivity index (χ0n) is 17.9. The predicted octanol–water partition coefficient (Wildman–Crippen LogP) is 0.486. The van der Waals surface area contributed by atoms with Crippen molar-refractivity contribution in [1.29, 1.82) is 0 Å². The highest BCUT2D eigenvalue weighted by Crippen LogP contribution is 2.23. The molecule has 1 amide bonds. The predicted molar refractivity (Wildman–Crippen MR) is 118 cm³/mol. The molecule has 0 saturated carbocycles. The Balaban J connectivity index is 1.44. The van der Waals surface area contributed by atoms with Crippen LogP contribution in [-0.2, 0) is 24.8 Å². The Labute approximate surface area is 189 Å². The standard InChI is InChI=1S/C20H31FN4O5S2/c21-17-4-6-18(7-5-17)32(29,30)25-12-10-24(11-13-25)31(27,28)14-2-1-3-16-8-9-23-19(15-16)20(22)26/h4-7,16,19,23H,1-3,8-15H2,(H2,22,26). The Bertz CT molecular complexity index is 993. The quantitative estimate of drug-likeness (QED) is 0.485. The van der Waals surface area contributed by atoms with E-state index in [1.165, 1.54) is 20.7 Å². The molecule has 9 nitrogen and oxygen atoms in total. The number of hydrogen-bond acceptors (Lipinski definition) is 6. The minimum absolute atomic E-state index is 0.00769. The summed E-state index contributed by atoms with van der Waals surface area (Å²) in [5.74, 6) is -0.496. The third-order valence-electron chi connectivity index (χ3n) is 6.16. The van der Waals surface area contributed by atoms with Gasteiger partial charge in [-0.05, 0) is 56.0 Å². The summed E-state index contributed by atoms with van der Waals surface area (Å²) in [6.07, 6.45) is 3.74. The lowest BCUT2D eigenvalue weighted by atomic mass is 9.88. The summed E-state index contributed by atoms with van der Waals surface area (Å²) in [6.45, 7) is 1.04. The Kier molecular flexibility index (Phi) is 8.26. The average molecular weight is 491 g/mol. The molecule has 2 fully saturated rings. The lowest BCUT2D eigenvalue weighted by Gasteiger charge is -2.33. The summed E-state index contributed by atoms with van der Waals surface area (Å²) >= 11 is 0. The SMILES string of the molecule is NC(=O)C1CC(CCCCS(=O)(=O)N2CCN(S(=O)(=O)c3ccc(F)cc3)CC2)CCN1. The molecule has 2 aliphatic heterocycles. The first-order valence-electron chi connectivity index (χ1n) is 10.9. The van der Waals surface area contributed by atoms with Gasteiger partial charge in [0.1, 0.15) is 5.82 Å². The molecule has 1 aromatic carbocycles. The molecule has 3 rings (SSSR count). The van der Waals surface area contributed by atoms with E-state index in [1.54, 1.807) is 0 Å². The highest BCUT2D eigenvalue weighted by atomic mass is 32.2. The van der Waals surface area contributed by atoms with Gasteiger partial charge in [-0.25, -0.2) is 21.2 Å². The number of amides is 1. The average Bonchev–Trinajstić information content (AvgIpc) is 2.77. The summed E-state index contributed by atoms with van der Waals surface area (Å²) in [5, 5.41) is 3.09. The third-order valence-corrected chi connectivity index (χ3v) is 10.0. The van der Waals surface area contributed by atoms with Crippen molar-refractivity contribution in [2.45, 2.75) is 43.0 Å². The second kappa shape index (κ2) is 10.6. The minimum Gasteiger partial charge on any atom is -0.368 e. The molecule has 0 aromatic heterocycles. The van der Waals surface area contributed by atoms with Crippen LogP contribution in [0.2, 0.25) is 0 Å². The van der Waals surface area contributed by atoms with E-state index in [-0.39, 0.29) is 48.8 Å². The van der Waals surface area contributed by atoms with Crippen molar-refractivity contribution < 1.29 is 26.0 Å². The summed E-state index contributed by atoms with van der Waals surface area (Å²) < 4.78 is 66.4. The summed E-state index contributed by atoms with van der Waals surface area (Å²) in [6, 6.07) is 4.29. The molecule has 32 heavy (non-hydrogen) atoms. The van der Waals surface area contributed by atoms with Crippen molar-refractivity contribution in [3.63, 3.8) is 0 Å².